The summed E-state index contributed by atoms with van der Waals surface area (Å²) in [6.45, 7) is 13.0. The second kappa shape index (κ2) is 10.9. The molecule has 0 radical (unpaired) electrons. The van der Waals surface area contributed by atoms with Crippen LogP contribution in [-0.2, 0) is 6.42 Å². The highest BCUT2D eigenvalue weighted by Gasteiger charge is 2.20. The molecular formula is C30H34FN. The van der Waals surface area contributed by atoms with Gasteiger partial charge >= 0.3 is 0 Å². The molecule has 32 heavy (non-hydrogen) atoms. The lowest BCUT2D eigenvalue weighted by Gasteiger charge is -2.26. The van der Waals surface area contributed by atoms with Gasteiger partial charge in [-0.25, -0.2) is 4.39 Å². The molecule has 3 aromatic rings. The Kier molecular flexibility index (Phi) is 8.05. The summed E-state index contributed by atoms with van der Waals surface area (Å²) in [5.74, 6) is -0.235. The number of halogens is 1. The van der Waals surface area contributed by atoms with E-state index in [9.17, 15) is 4.39 Å². The number of rotatable bonds is 9. The molecule has 1 unspecified atom stereocenters. The second-order valence-corrected chi connectivity index (χ2v) is 8.48. The molecule has 1 atom stereocenters. The van der Waals surface area contributed by atoms with Crippen molar-refractivity contribution >= 4 is 11.3 Å². The van der Waals surface area contributed by atoms with Crippen molar-refractivity contribution in [1.29, 1.82) is 0 Å². The van der Waals surface area contributed by atoms with Gasteiger partial charge in [0.1, 0.15) is 5.82 Å². The van der Waals surface area contributed by atoms with Crippen molar-refractivity contribution < 1.29 is 4.39 Å². The van der Waals surface area contributed by atoms with Crippen LogP contribution in [0.25, 0.3) is 5.57 Å². The molecule has 0 saturated carbocycles. The molecule has 0 aliphatic carbocycles. The molecule has 3 aromatic carbocycles. The van der Waals surface area contributed by atoms with E-state index in [1.165, 1.54) is 47.2 Å². The molecule has 0 amide bonds. The van der Waals surface area contributed by atoms with Gasteiger partial charge < -0.3 is 5.32 Å². The first-order chi connectivity index (χ1) is 15.4. The summed E-state index contributed by atoms with van der Waals surface area (Å²) < 4.78 is 13.7. The van der Waals surface area contributed by atoms with E-state index < -0.39 is 0 Å². The predicted molar refractivity (Wildman–Crippen MR) is 137 cm³/mol. The largest absolute Gasteiger partial charge is 0.374 e. The summed E-state index contributed by atoms with van der Waals surface area (Å²) in [6.07, 6.45) is 5.53. The van der Waals surface area contributed by atoms with Crippen molar-refractivity contribution in [1.82, 2.24) is 0 Å². The third-order valence-electron chi connectivity index (χ3n) is 5.89. The maximum atomic E-state index is 13.7. The van der Waals surface area contributed by atoms with Crippen molar-refractivity contribution in [3.05, 3.63) is 119 Å². The molecule has 0 spiro atoms. The molecule has 0 bridgehead atoms. The molecule has 2 heteroatoms. The van der Waals surface area contributed by atoms with Gasteiger partial charge in [0.2, 0.25) is 0 Å². The Morgan fingerprint density at radius 2 is 1.75 bits per heavy atom. The normalized spacial score (nSPS) is 12.5. The van der Waals surface area contributed by atoms with Crippen LogP contribution < -0.4 is 5.32 Å². The number of hydrogen-bond donors (Lipinski definition) is 1. The fourth-order valence-electron chi connectivity index (χ4n) is 4.21. The van der Waals surface area contributed by atoms with E-state index in [1.807, 2.05) is 19.1 Å². The van der Waals surface area contributed by atoms with E-state index in [0.717, 1.165) is 28.8 Å². The monoisotopic (exact) mass is 427 g/mol. The van der Waals surface area contributed by atoms with Crippen LogP contribution >= 0.6 is 0 Å². The highest BCUT2D eigenvalue weighted by molar-refractivity contribution is 5.82. The third kappa shape index (κ3) is 5.76. The third-order valence-corrected chi connectivity index (χ3v) is 5.89. The van der Waals surface area contributed by atoms with Gasteiger partial charge in [-0.15, -0.1) is 0 Å². The quantitative estimate of drug-likeness (QED) is 0.337. The van der Waals surface area contributed by atoms with Gasteiger partial charge in [0.15, 0.2) is 0 Å². The fraction of sp³-hybridized carbons (Fsp3) is 0.267. The Balaban J connectivity index is 2.01. The SMILES string of the molecule is C=C(/C(=C/C)c1ccccc1C)C(Nc1cc(C)cc(CCCC)c1)c1ccc(F)cc1. The minimum absolute atomic E-state index is 0.178. The standard InChI is InChI=1S/C30H34FN/c1-6-8-12-24-18-21(3)19-27(20-24)32-30(25-14-16-26(31)17-15-25)23(5)28(7-2)29-13-10-9-11-22(29)4/h7,9-11,13-20,30,32H,5-6,8,12H2,1-4H3/b28-7-. The van der Waals surface area contributed by atoms with Crippen LogP contribution in [0, 0.1) is 19.7 Å². The number of aryl methyl sites for hydroxylation is 3. The number of benzene rings is 3. The summed E-state index contributed by atoms with van der Waals surface area (Å²) >= 11 is 0. The zero-order chi connectivity index (χ0) is 23.1. The average Bonchev–Trinajstić information content (AvgIpc) is 2.78. The van der Waals surface area contributed by atoms with Gasteiger partial charge in [-0.3, -0.25) is 0 Å². The Morgan fingerprint density at radius 3 is 2.41 bits per heavy atom. The van der Waals surface area contributed by atoms with E-state index >= 15 is 0 Å². The van der Waals surface area contributed by atoms with E-state index in [0.29, 0.717) is 0 Å². The first-order valence-corrected chi connectivity index (χ1v) is 11.5. The van der Waals surface area contributed by atoms with E-state index in [2.05, 4.69) is 81.2 Å². The molecule has 1 nitrogen and oxygen atoms in total. The molecule has 0 saturated heterocycles. The van der Waals surface area contributed by atoms with Crippen LogP contribution in [0.15, 0.2) is 85.0 Å². The van der Waals surface area contributed by atoms with Crippen LogP contribution in [0.3, 0.4) is 0 Å². The van der Waals surface area contributed by atoms with Crippen LogP contribution in [0.4, 0.5) is 10.1 Å². The lowest BCUT2D eigenvalue weighted by Crippen LogP contribution is -2.15. The van der Waals surface area contributed by atoms with Crippen molar-refractivity contribution in [2.75, 3.05) is 5.32 Å². The minimum atomic E-state index is -0.235. The maximum Gasteiger partial charge on any atom is 0.123 e. The first-order valence-electron chi connectivity index (χ1n) is 11.5. The van der Waals surface area contributed by atoms with Gasteiger partial charge in [0.25, 0.3) is 0 Å². The van der Waals surface area contributed by atoms with Gasteiger partial charge in [0, 0.05) is 5.69 Å². The minimum Gasteiger partial charge on any atom is -0.374 e. The fourth-order valence-corrected chi connectivity index (χ4v) is 4.21. The van der Waals surface area contributed by atoms with Gasteiger partial charge in [0.05, 0.1) is 6.04 Å². The van der Waals surface area contributed by atoms with Crippen molar-refractivity contribution in [2.24, 2.45) is 0 Å². The molecular weight excluding hydrogens is 393 g/mol. The summed E-state index contributed by atoms with van der Waals surface area (Å²) in [6, 6.07) is 21.6. The molecule has 0 aliphatic rings. The Bertz CT molecular complexity index is 1090. The average molecular weight is 428 g/mol. The summed E-state index contributed by atoms with van der Waals surface area (Å²) in [7, 11) is 0. The van der Waals surface area contributed by atoms with Crippen LogP contribution in [0.5, 0.6) is 0 Å². The van der Waals surface area contributed by atoms with Crippen molar-refractivity contribution in [3.63, 3.8) is 0 Å². The smallest absolute Gasteiger partial charge is 0.123 e. The molecule has 0 heterocycles. The van der Waals surface area contributed by atoms with Crippen molar-refractivity contribution in [2.45, 2.75) is 53.0 Å². The van der Waals surface area contributed by atoms with Crippen LogP contribution in [-0.4, -0.2) is 0 Å². The summed E-state index contributed by atoms with van der Waals surface area (Å²) in [5.41, 5.74) is 9.05. The van der Waals surface area contributed by atoms with Crippen LogP contribution in [0.2, 0.25) is 0 Å². The topological polar surface area (TPSA) is 12.0 Å². The Hall–Kier alpha value is -3.13. The van der Waals surface area contributed by atoms with E-state index in [1.54, 1.807) is 0 Å². The summed E-state index contributed by atoms with van der Waals surface area (Å²) in [5, 5.41) is 3.71. The Morgan fingerprint density at radius 1 is 1.03 bits per heavy atom. The molecule has 0 aromatic heterocycles. The van der Waals surface area contributed by atoms with E-state index in [4.69, 9.17) is 0 Å². The number of hydrogen-bond acceptors (Lipinski definition) is 1. The highest BCUT2D eigenvalue weighted by Crippen LogP contribution is 2.36. The van der Waals surface area contributed by atoms with Crippen LogP contribution in [0.1, 0.15) is 60.5 Å². The van der Waals surface area contributed by atoms with Gasteiger partial charge in [-0.05, 0) is 96.8 Å². The van der Waals surface area contributed by atoms with Gasteiger partial charge in [-0.2, -0.15) is 0 Å². The predicted octanol–water partition coefficient (Wildman–Crippen LogP) is 8.60. The summed E-state index contributed by atoms with van der Waals surface area (Å²) in [4.78, 5) is 0. The lowest BCUT2D eigenvalue weighted by atomic mass is 9.87. The number of nitrogens with one attached hydrogen (secondary N) is 1. The second-order valence-electron chi connectivity index (χ2n) is 8.48. The molecule has 1 N–H and O–H groups in total. The number of unbranched alkanes of at least 4 members (excludes halogenated alkanes) is 1. The lowest BCUT2D eigenvalue weighted by molar-refractivity contribution is 0.626. The van der Waals surface area contributed by atoms with E-state index in [-0.39, 0.29) is 11.9 Å². The molecule has 0 aliphatic heterocycles. The zero-order valence-electron chi connectivity index (χ0n) is 19.7. The van der Waals surface area contributed by atoms with Crippen molar-refractivity contribution in [3.8, 4) is 0 Å². The zero-order valence-corrected chi connectivity index (χ0v) is 19.7. The molecule has 3 rings (SSSR count). The number of allylic oxidation sites excluding steroid dienone is 1. The maximum absolute atomic E-state index is 13.7. The van der Waals surface area contributed by atoms with Gasteiger partial charge in [-0.1, -0.05) is 68.5 Å². The molecule has 0 fully saturated rings. The molecule has 166 valence electrons. The first kappa shape index (κ1) is 23.5. The Labute approximate surface area is 192 Å². The number of anilines is 1. The highest BCUT2D eigenvalue weighted by atomic mass is 19.1.